The summed E-state index contributed by atoms with van der Waals surface area (Å²) in [6, 6.07) is 3.17. The SMILES string of the molecule is C=Cc1ccc(=O)[nH]c1C=C. The zero-order chi connectivity index (χ0) is 8.27. The molecule has 2 heteroatoms. The summed E-state index contributed by atoms with van der Waals surface area (Å²) in [5, 5.41) is 0. The Kier molecular flexibility index (Phi) is 2.06. The van der Waals surface area contributed by atoms with Crippen LogP contribution in [0.4, 0.5) is 0 Å². The van der Waals surface area contributed by atoms with Crippen molar-refractivity contribution < 1.29 is 0 Å². The molecule has 0 radical (unpaired) electrons. The number of hydrogen-bond donors (Lipinski definition) is 1. The van der Waals surface area contributed by atoms with Crippen LogP contribution < -0.4 is 5.56 Å². The van der Waals surface area contributed by atoms with Gasteiger partial charge in [0.1, 0.15) is 0 Å². The van der Waals surface area contributed by atoms with E-state index in [9.17, 15) is 4.79 Å². The molecule has 1 heterocycles. The van der Waals surface area contributed by atoms with Crippen LogP contribution in [0.15, 0.2) is 30.1 Å². The summed E-state index contributed by atoms with van der Waals surface area (Å²) in [4.78, 5) is 13.4. The molecule has 0 amide bonds. The molecule has 1 rings (SSSR count). The highest BCUT2D eigenvalue weighted by molar-refractivity contribution is 5.59. The lowest BCUT2D eigenvalue weighted by Gasteiger charge is -1.97. The van der Waals surface area contributed by atoms with Crippen molar-refractivity contribution in [1.82, 2.24) is 4.98 Å². The van der Waals surface area contributed by atoms with E-state index in [1.807, 2.05) is 0 Å². The fourth-order valence-electron chi connectivity index (χ4n) is 0.849. The van der Waals surface area contributed by atoms with E-state index in [1.165, 1.54) is 6.07 Å². The van der Waals surface area contributed by atoms with Gasteiger partial charge in [0.15, 0.2) is 0 Å². The minimum Gasteiger partial charge on any atom is -0.322 e. The van der Waals surface area contributed by atoms with Crippen LogP contribution in [0.2, 0.25) is 0 Å². The first-order valence-corrected chi connectivity index (χ1v) is 3.26. The van der Waals surface area contributed by atoms with Crippen LogP contribution in [-0.2, 0) is 0 Å². The summed E-state index contributed by atoms with van der Waals surface area (Å²) in [5.74, 6) is 0. The lowest BCUT2D eigenvalue weighted by Crippen LogP contribution is -2.05. The third kappa shape index (κ3) is 1.46. The van der Waals surface area contributed by atoms with Crippen molar-refractivity contribution in [2.45, 2.75) is 0 Å². The third-order valence-corrected chi connectivity index (χ3v) is 1.41. The fourth-order valence-corrected chi connectivity index (χ4v) is 0.849. The van der Waals surface area contributed by atoms with Crippen LogP contribution >= 0.6 is 0 Å². The third-order valence-electron chi connectivity index (χ3n) is 1.41. The van der Waals surface area contributed by atoms with Gasteiger partial charge >= 0.3 is 0 Å². The Balaban J connectivity index is 3.38. The van der Waals surface area contributed by atoms with Crippen LogP contribution in [0.3, 0.4) is 0 Å². The molecule has 0 aliphatic heterocycles. The average Bonchev–Trinajstić information content (AvgIpc) is 2.04. The lowest BCUT2D eigenvalue weighted by atomic mass is 10.2. The van der Waals surface area contributed by atoms with Gasteiger partial charge < -0.3 is 4.98 Å². The number of rotatable bonds is 2. The molecule has 0 atom stereocenters. The van der Waals surface area contributed by atoms with Gasteiger partial charge in [-0.25, -0.2) is 0 Å². The van der Waals surface area contributed by atoms with E-state index in [4.69, 9.17) is 0 Å². The number of nitrogens with one attached hydrogen (secondary N) is 1. The molecule has 0 unspecified atom stereocenters. The van der Waals surface area contributed by atoms with Crippen molar-refractivity contribution in [3.63, 3.8) is 0 Å². The Morgan fingerprint density at radius 1 is 1.27 bits per heavy atom. The topological polar surface area (TPSA) is 32.9 Å². The molecule has 1 aromatic heterocycles. The molecule has 0 spiro atoms. The van der Waals surface area contributed by atoms with Crippen molar-refractivity contribution in [1.29, 1.82) is 0 Å². The first kappa shape index (κ1) is 7.54. The van der Waals surface area contributed by atoms with Crippen LogP contribution in [0.1, 0.15) is 11.3 Å². The smallest absolute Gasteiger partial charge is 0.248 e. The van der Waals surface area contributed by atoms with E-state index in [2.05, 4.69) is 18.1 Å². The Hall–Kier alpha value is -1.57. The second kappa shape index (κ2) is 3.01. The molecule has 11 heavy (non-hydrogen) atoms. The molecular formula is C9H9NO. The number of pyridine rings is 1. The van der Waals surface area contributed by atoms with E-state index in [1.54, 1.807) is 18.2 Å². The van der Waals surface area contributed by atoms with Gasteiger partial charge in [0, 0.05) is 11.8 Å². The molecule has 1 N–H and O–H groups in total. The Bertz CT molecular complexity index is 336. The standard InChI is InChI=1S/C9H9NO/c1-3-7-5-6-9(11)10-8(7)4-2/h3-6H,1-2H2,(H,10,11). The molecule has 0 fully saturated rings. The molecule has 2 nitrogen and oxygen atoms in total. The molecular weight excluding hydrogens is 138 g/mol. The molecule has 56 valence electrons. The van der Waals surface area contributed by atoms with Crippen molar-refractivity contribution >= 4 is 12.2 Å². The maximum atomic E-state index is 10.8. The number of aromatic amines is 1. The normalized spacial score (nSPS) is 9.09. The first-order valence-electron chi connectivity index (χ1n) is 3.26. The van der Waals surface area contributed by atoms with E-state index in [0.717, 1.165) is 5.56 Å². The summed E-state index contributed by atoms with van der Waals surface area (Å²) in [5.41, 5.74) is 1.48. The van der Waals surface area contributed by atoms with E-state index in [-0.39, 0.29) is 5.56 Å². The van der Waals surface area contributed by atoms with E-state index >= 15 is 0 Å². The molecule has 0 aliphatic carbocycles. The highest BCUT2D eigenvalue weighted by Crippen LogP contribution is 2.04. The Morgan fingerprint density at radius 2 is 2.00 bits per heavy atom. The fraction of sp³-hybridized carbons (Fsp3) is 0. The van der Waals surface area contributed by atoms with E-state index < -0.39 is 0 Å². The minimum absolute atomic E-state index is 0.120. The van der Waals surface area contributed by atoms with E-state index in [0.29, 0.717) is 5.69 Å². The Morgan fingerprint density at radius 3 is 2.55 bits per heavy atom. The summed E-state index contributed by atoms with van der Waals surface area (Å²) < 4.78 is 0. The molecule has 0 aromatic carbocycles. The van der Waals surface area contributed by atoms with Gasteiger partial charge in [-0.2, -0.15) is 0 Å². The van der Waals surface area contributed by atoms with Gasteiger partial charge in [0.05, 0.1) is 0 Å². The van der Waals surface area contributed by atoms with Crippen molar-refractivity contribution in [2.24, 2.45) is 0 Å². The largest absolute Gasteiger partial charge is 0.322 e. The van der Waals surface area contributed by atoms with Gasteiger partial charge in [-0.05, 0) is 17.7 Å². The maximum Gasteiger partial charge on any atom is 0.248 e. The van der Waals surface area contributed by atoms with Gasteiger partial charge in [0.25, 0.3) is 0 Å². The molecule has 1 aromatic rings. The highest BCUT2D eigenvalue weighted by Gasteiger charge is 1.93. The quantitative estimate of drug-likeness (QED) is 0.678. The predicted octanol–water partition coefficient (Wildman–Crippen LogP) is 1.66. The summed E-state index contributed by atoms with van der Waals surface area (Å²) >= 11 is 0. The molecule has 0 bridgehead atoms. The monoisotopic (exact) mass is 147 g/mol. The van der Waals surface area contributed by atoms with Gasteiger partial charge in [-0.1, -0.05) is 19.2 Å². The van der Waals surface area contributed by atoms with Crippen molar-refractivity contribution in [2.75, 3.05) is 0 Å². The maximum absolute atomic E-state index is 10.8. The van der Waals surface area contributed by atoms with Crippen LogP contribution in [0, 0.1) is 0 Å². The number of hydrogen-bond acceptors (Lipinski definition) is 1. The Labute approximate surface area is 64.9 Å². The number of H-pyrrole nitrogens is 1. The number of aromatic nitrogens is 1. The summed E-state index contributed by atoms with van der Waals surface area (Å²) in [6.07, 6.45) is 3.27. The average molecular weight is 147 g/mol. The van der Waals surface area contributed by atoms with Crippen LogP contribution in [0.5, 0.6) is 0 Å². The highest BCUT2D eigenvalue weighted by atomic mass is 16.1. The first-order chi connectivity index (χ1) is 5.27. The minimum atomic E-state index is -0.120. The van der Waals surface area contributed by atoms with Gasteiger partial charge in [-0.3, -0.25) is 4.79 Å². The summed E-state index contributed by atoms with van der Waals surface area (Å²) in [7, 11) is 0. The zero-order valence-corrected chi connectivity index (χ0v) is 6.13. The summed E-state index contributed by atoms with van der Waals surface area (Å²) in [6.45, 7) is 7.16. The van der Waals surface area contributed by atoms with Crippen molar-refractivity contribution in [3.05, 3.63) is 46.9 Å². The predicted molar refractivity (Wildman–Crippen MR) is 47.2 cm³/mol. The molecule has 0 aliphatic rings. The molecule has 0 saturated heterocycles. The zero-order valence-electron chi connectivity index (χ0n) is 6.13. The van der Waals surface area contributed by atoms with Crippen LogP contribution in [0.25, 0.3) is 12.2 Å². The van der Waals surface area contributed by atoms with Gasteiger partial charge in [0.2, 0.25) is 5.56 Å². The van der Waals surface area contributed by atoms with Crippen LogP contribution in [-0.4, -0.2) is 4.98 Å². The lowest BCUT2D eigenvalue weighted by molar-refractivity contribution is 1.21. The second-order valence-corrected chi connectivity index (χ2v) is 2.10. The molecule has 0 saturated carbocycles. The van der Waals surface area contributed by atoms with Gasteiger partial charge in [-0.15, -0.1) is 0 Å². The second-order valence-electron chi connectivity index (χ2n) is 2.10. The van der Waals surface area contributed by atoms with Crippen molar-refractivity contribution in [3.8, 4) is 0 Å².